The van der Waals surface area contributed by atoms with Gasteiger partial charge in [0.15, 0.2) is 11.5 Å². The van der Waals surface area contributed by atoms with Crippen molar-refractivity contribution in [3.05, 3.63) is 62.6 Å². The second-order valence-corrected chi connectivity index (χ2v) is 8.46. The number of rotatable bonds is 5. The summed E-state index contributed by atoms with van der Waals surface area (Å²) >= 11 is 0. The van der Waals surface area contributed by atoms with E-state index in [0.29, 0.717) is 11.3 Å². The third kappa shape index (κ3) is 4.78. The van der Waals surface area contributed by atoms with Gasteiger partial charge in [-0.05, 0) is 12.3 Å². The Hall–Kier alpha value is -3.17. The van der Waals surface area contributed by atoms with Crippen LogP contribution >= 0.6 is 0 Å². The van der Waals surface area contributed by atoms with Crippen molar-refractivity contribution in [2.45, 2.75) is 46.3 Å². The average molecular weight is 438 g/mol. The number of amides is 1. The molecule has 7 nitrogen and oxygen atoms in total. The molecule has 0 spiro atoms. The molecule has 1 heterocycles. The van der Waals surface area contributed by atoms with E-state index in [2.05, 4.69) is 0 Å². The first-order chi connectivity index (χ1) is 14.3. The first-order valence-corrected chi connectivity index (χ1v) is 9.53. The number of Topliss-reactive ketones (excluding diaryl/α,β-unsaturated/α-hetero) is 1. The number of carbonyl (C=O) groups excluding carboxylic acids is 2. The predicted molar refractivity (Wildman–Crippen MR) is 104 cm³/mol. The predicted octanol–water partition coefficient (Wildman–Crippen LogP) is 4.86. The van der Waals surface area contributed by atoms with E-state index in [0.717, 1.165) is 6.07 Å². The van der Waals surface area contributed by atoms with Crippen LogP contribution in [0.4, 0.5) is 18.9 Å². The number of nitro groups is 1. The molecule has 0 unspecified atom stereocenters. The summed E-state index contributed by atoms with van der Waals surface area (Å²) in [4.78, 5) is 36.6. The van der Waals surface area contributed by atoms with Crippen LogP contribution in [0.25, 0.3) is 0 Å². The number of hydrogen-bond acceptors (Lipinski definition) is 5. The Bertz CT molecular complexity index is 1060. The third-order valence-electron chi connectivity index (χ3n) is 5.18. The van der Waals surface area contributed by atoms with Crippen molar-refractivity contribution in [1.82, 2.24) is 4.90 Å². The maximum absolute atomic E-state index is 13.2. The van der Waals surface area contributed by atoms with Crippen LogP contribution in [0.15, 0.2) is 28.7 Å². The number of hydrogen-bond donors (Lipinski definition) is 0. The Morgan fingerprint density at radius 2 is 1.90 bits per heavy atom. The third-order valence-corrected chi connectivity index (χ3v) is 5.18. The fraction of sp³-hybridized carbons (Fsp3) is 0.429. The van der Waals surface area contributed by atoms with Crippen molar-refractivity contribution < 1.29 is 32.1 Å². The van der Waals surface area contributed by atoms with Gasteiger partial charge in [0.2, 0.25) is 0 Å². The lowest BCUT2D eigenvalue weighted by Gasteiger charge is -2.27. The van der Waals surface area contributed by atoms with Crippen LogP contribution in [0.5, 0.6) is 0 Å². The zero-order valence-electron chi connectivity index (χ0n) is 17.2. The van der Waals surface area contributed by atoms with Gasteiger partial charge in [-0.2, -0.15) is 13.2 Å². The van der Waals surface area contributed by atoms with E-state index >= 15 is 0 Å². The summed E-state index contributed by atoms with van der Waals surface area (Å²) in [7, 11) is 0. The van der Waals surface area contributed by atoms with Crippen molar-refractivity contribution in [2.24, 2.45) is 5.41 Å². The molecule has 1 aromatic heterocycles. The van der Waals surface area contributed by atoms with E-state index < -0.39 is 41.2 Å². The van der Waals surface area contributed by atoms with Crippen LogP contribution in [0.3, 0.4) is 0 Å². The number of nitro benzene ring substituents is 1. The minimum Gasteiger partial charge on any atom is -0.455 e. The van der Waals surface area contributed by atoms with Crippen LogP contribution < -0.4 is 0 Å². The van der Waals surface area contributed by atoms with Gasteiger partial charge in [0.05, 0.1) is 17.0 Å². The summed E-state index contributed by atoms with van der Waals surface area (Å²) in [5.74, 6) is -1.38. The van der Waals surface area contributed by atoms with Crippen molar-refractivity contribution in [2.75, 3.05) is 6.54 Å². The van der Waals surface area contributed by atoms with Gasteiger partial charge in [-0.25, -0.2) is 0 Å². The second kappa shape index (κ2) is 7.82. The fourth-order valence-electron chi connectivity index (χ4n) is 3.87. The first-order valence-electron chi connectivity index (χ1n) is 9.53. The first kappa shape index (κ1) is 22.5. The molecule has 166 valence electrons. The van der Waals surface area contributed by atoms with E-state index in [1.807, 2.05) is 13.8 Å². The highest BCUT2D eigenvalue weighted by Crippen LogP contribution is 2.39. The molecule has 10 heteroatoms. The highest BCUT2D eigenvalue weighted by atomic mass is 19.4. The molecule has 0 atom stereocenters. The topological polar surface area (TPSA) is 93.7 Å². The zero-order valence-corrected chi connectivity index (χ0v) is 17.2. The van der Waals surface area contributed by atoms with Crippen LogP contribution in [-0.2, 0) is 13.0 Å². The molecule has 0 saturated heterocycles. The van der Waals surface area contributed by atoms with Gasteiger partial charge in [-0.3, -0.25) is 19.7 Å². The number of benzene rings is 1. The standard InChI is InChI=1S/C21H21F3N2O5/c1-12-17-15(27)8-20(2,3)9-16(17)31-18(12)19(28)25(11-21(22,23)24)10-13-6-4-5-7-14(13)26(29)30/h4-7H,8-11H2,1-3H3. The Labute approximate surface area is 176 Å². The molecule has 1 aliphatic carbocycles. The molecular formula is C21H21F3N2O5. The molecule has 1 amide bonds. The highest BCUT2D eigenvalue weighted by molar-refractivity contribution is 6.03. The maximum Gasteiger partial charge on any atom is 0.406 e. The van der Waals surface area contributed by atoms with Crippen LogP contribution in [0, 0.1) is 22.5 Å². The molecule has 3 rings (SSSR count). The number of halogens is 3. The summed E-state index contributed by atoms with van der Waals surface area (Å²) in [5, 5.41) is 11.2. The Morgan fingerprint density at radius 1 is 1.26 bits per heavy atom. The van der Waals surface area contributed by atoms with Gasteiger partial charge in [-0.1, -0.05) is 32.0 Å². The largest absolute Gasteiger partial charge is 0.455 e. The number of ketones is 1. The maximum atomic E-state index is 13.2. The summed E-state index contributed by atoms with van der Waals surface area (Å²) in [6, 6.07) is 5.27. The summed E-state index contributed by atoms with van der Waals surface area (Å²) in [6.45, 7) is 2.92. The highest BCUT2D eigenvalue weighted by Gasteiger charge is 2.40. The fourth-order valence-corrected chi connectivity index (χ4v) is 3.87. The molecule has 31 heavy (non-hydrogen) atoms. The molecule has 0 bridgehead atoms. The lowest BCUT2D eigenvalue weighted by atomic mass is 9.76. The SMILES string of the molecule is Cc1c(C(=O)N(Cc2ccccc2[N+](=O)[O-])CC(F)(F)F)oc2c1C(=O)CC(C)(C)C2. The molecule has 0 aliphatic heterocycles. The number of nitrogens with zero attached hydrogens (tertiary/aromatic N) is 2. The molecule has 0 radical (unpaired) electrons. The number of fused-ring (bicyclic) bond motifs is 1. The van der Waals surface area contributed by atoms with E-state index in [9.17, 15) is 32.9 Å². The number of para-hydroxylation sites is 1. The molecule has 2 aromatic rings. The summed E-state index contributed by atoms with van der Waals surface area (Å²) < 4.78 is 45.3. The van der Waals surface area contributed by atoms with Gasteiger partial charge in [0.1, 0.15) is 12.3 Å². The van der Waals surface area contributed by atoms with Gasteiger partial charge in [-0.15, -0.1) is 0 Å². The summed E-state index contributed by atoms with van der Waals surface area (Å²) in [6.07, 6.45) is -4.14. The quantitative estimate of drug-likeness (QED) is 0.491. The molecule has 1 aromatic carbocycles. The monoisotopic (exact) mass is 438 g/mol. The molecule has 0 fully saturated rings. The van der Waals surface area contributed by atoms with Crippen LogP contribution in [0.1, 0.15) is 58.1 Å². The Kier molecular flexibility index (Phi) is 5.68. The van der Waals surface area contributed by atoms with Crippen molar-refractivity contribution >= 4 is 17.4 Å². The lowest BCUT2D eigenvalue weighted by Crippen LogP contribution is -2.38. The lowest BCUT2D eigenvalue weighted by molar-refractivity contribution is -0.385. The number of carbonyl (C=O) groups is 2. The molecular weight excluding hydrogens is 417 g/mol. The van der Waals surface area contributed by atoms with E-state index in [4.69, 9.17) is 4.42 Å². The van der Waals surface area contributed by atoms with Gasteiger partial charge in [0, 0.05) is 30.0 Å². The summed E-state index contributed by atoms with van der Waals surface area (Å²) in [5.41, 5.74) is -0.410. The van der Waals surface area contributed by atoms with Crippen molar-refractivity contribution in [1.29, 1.82) is 0 Å². The Balaban J connectivity index is 2.01. The number of furan rings is 1. The van der Waals surface area contributed by atoms with Gasteiger partial charge < -0.3 is 9.32 Å². The molecule has 1 aliphatic rings. The van der Waals surface area contributed by atoms with Crippen LogP contribution in [0.2, 0.25) is 0 Å². The minimum atomic E-state index is -4.74. The van der Waals surface area contributed by atoms with E-state index in [1.165, 1.54) is 25.1 Å². The average Bonchev–Trinajstić information content (AvgIpc) is 2.94. The van der Waals surface area contributed by atoms with Gasteiger partial charge in [0.25, 0.3) is 11.6 Å². The smallest absolute Gasteiger partial charge is 0.406 e. The van der Waals surface area contributed by atoms with Crippen LogP contribution in [-0.4, -0.2) is 34.2 Å². The van der Waals surface area contributed by atoms with E-state index in [-0.39, 0.29) is 40.4 Å². The molecule has 0 saturated carbocycles. The van der Waals surface area contributed by atoms with E-state index in [1.54, 1.807) is 0 Å². The van der Waals surface area contributed by atoms with Gasteiger partial charge >= 0.3 is 6.18 Å². The zero-order chi connectivity index (χ0) is 23.1. The Morgan fingerprint density at radius 3 is 2.52 bits per heavy atom. The second-order valence-electron chi connectivity index (χ2n) is 8.46. The normalized spacial score (nSPS) is 15.5. The molecule has 0 N–H and O–H groups in total. The minimum absolute atomic E-state index is 0.0451. The van der Waals surface area contributed by atoms with Crippen molar-refractivity contribution in [3.63, 3.8) is 0 Å². The number of alkyl halides is 3. The van der Waals surface area contributed by atoms with Crippen molar-refractivity contribution in [3.8, 4) is 0 Å².